The Labute approximate surface area is 121 Å². The SMILES string of the molecule is COc1ccc(CNC2CC2)cc1CSCC(C)C. The highest BCUT2D eigenvalue weighted by Crippen LogP contribution is 2.26. The molecule has 2 nitrogen and oxygen atoms in total. The highest BCUT2D eigenvalue weighted by molar-refractivity contribution is 7.98. The largest absolute Gasteiger partial charge is 0.496 e. The molecule has 1 aliphatic rings. The van der Waals surface area contributed by atoms with Gasteiger partial charge in [0.25, 0.3) is 0 Å². The van der Waals surface area contributed by atoms with Crippen LogP contribution < -0.4 is 10.1 Å². The summed E-state index contributed by atoms with van der Waals surface area (Å²) in [7, 11) is 1.76. The number of methoxy groups -OCH3 is 1. The lowest BCUT2D eigenvalue weighted by molar-refractivity contribution is 0.411. The Kier molecular flexibility index (Phi) is 5.59. The summed E-state index contributed by atoms with van der Waals surface area (Å²) in [6, 6.07) is 7.34. The second kappa shape index (κ2) is 7.20. The van der Waals surface area contributed by atoms with E-state index < -0.39 is 0 Å². The molecule has 106 valence electrons. The Hall–Kier alpha value is -0.670. The van der Waals surface area contributed by atoms with Crippen LogP contribution in [0, 0.1) is 5.92 Å². The smallest absolute Gasteiger partial charge is 0.122 e. The lowest BCUT2D eigenvalue weighted by Crippen LogP contribution is -2.15. The van der Waals surface area contributed by atoms with E-state index in [4.69, 9.17) is 4.74 Å². The van der Waals surface area contributed by atoms with E-state index in [1.807, 2.05) is 11.8 Å². The van der Waals surface area contributed by atoms with Crippen LogP contribution in [-0.4, -0.2) is 18.9 Å². The van der Waals surface area contributed by atoms with Crippen LogP contribution in [0.25, 0.3) is 0 Å². The second-order valence-electron chi connectivity index (χ2n) is 5.71. The highest BCUT2D eigenvalue weighted by Gasteiger charge is 2.20. The van der Waals surface area contributed by atoms with Gasteiger partial charge in [0.1, 0.15) is 5.75 Å². The Morgan fingerprint density at radius 1 is 1.37 bits per heavy atom. The van der Waals surface area contributed by atoms with Crippen LogP contribution in [0.15, 0.2) is 18.2 Å². The molecule has 1 saturated carbocycles. The third-order valence-corrected chi connectivity index (χ3v) is 4.64. The molecule has 0 bridgehead atoms. The van der Waals surface area contributed by atoms with E-state index in [2.05, 4.69) is 37.4 Å². The summed E-state index contributed by atoms with van der Waals surface area (Å²) in [6.45, 7) is 5.51. The number of hydrogen-bond acceptors (Lipinski definition) is 3. The van der Waals surface area contributed by atoms with Crippen LogP contribution in [0.4, 0.5) is 0 Å². The van der Waals surface area contributed by atoms with Gasteiger partial charge < -0.3 is 10.1 Å². The van der Waals surface area contributed by atoms with Crippen molar-refractivity contribution >= 4 is 11.8 Å². The number of rotatable bonds is 8. The van der Waals surface area contributed by atoms with Crippen molar-refractivity contribution in [3.63, 3.8) is 0 Å². The van der Waals surface area contributed by atoms with Crippen molar-refractivity contribution in [1.82, 2.24) is 5.32 Å². The molecule has 1 aromatic carbocycles. The van der Waals surface area contributed by atoms with Crippen LogP contribution in [0.2, 0.25) is 0 Å². The molecule has 1 fully saturated rings. The molecule has 0 amide bonds. The zero-order valence-electron chi connectivity index (χ0n) is 12.2. The van der Waals surface area contributed by atoms with E-state index in [1.54, 1.807) is 7.11 Å². The first-order chi connectivity index (χ1) is 9.19. The van der Waals surface area contributed by atoms with Gasteiger partial charge in [-0.25, -0.2) is 0 Å². The molecule has 0 unspecified atom stereocenters. The summed E-state index contributed by atoms with van der Waals surface area (Å²) in [5, 5.41) is 3.56. The molecule has 0 spiro atoms. The van der Waals surface area contributed by atoms with Gasteiger partial charge in [-0.15, -0.1) is 0 Å². The minimum Gasteiger partial charge on any atom is -0.496 e. The number of ether oxygens (including phenoxy) is 1. The normalized spacial score (nSPS) is 14.9. The van der Waals surface area contributed by atoms with Crippen molar-refractivity contribution in [1.29, 1.82) is 0 Å². The molecule has 0 saturated heterocycles. The summed E-state index contributed by atoms with van der Waals surface area (Å²) < 4.78 is 5.46. The number of nitrogens with one attached hydrogen (secondary N) is 1. The summed E-state index contributed by atoms with van der Waals surface area (Å²) in [6.07, 6.45) is 2.68. The van der Waals surface area contributed by atoms with Gasteiger partial charge in [0.2, 0.25) is 0 Å². The first-order valence-corrected chi connectivity index (χ1v) is 8.31. The molecular weight excluding hydrogens is 254 g/mol. The van der Waals surface area contributed by atoms with Gasteiger partial charge in [-0.1, -0.05) is 19.9 Å². The van der Waals surface area contributed by atoms with Crippen molar-refractivity contribution in [2.24, 2.45) is 5.92 Å². The fourth-order valence-electron chi connectivity index (χ4n) is 2.01. The van der Waals surface area contributed by atoms with Gasteiger partial charge in [-0.05, 0) is 42.2 Å². The predicted molar refractivity (Wildman–Crippen MR) is 83.9 cm³/mol. The van der Waals surface area contributed by atoms with Gasteiger partial charge >= 0.3 is 0 Å². The molecule has 0 atom stereocenters. The maximum Gasteiger partial charge on any atom is 0.122 e. The van der Waals surface area contributed by atoms with Crippen LogP contribution in [0.1, 0.15) is 37.8 Å². The molecule has 2 rings (SSSR count). The third kappa shape index (κ3) is 5.07. The molecular formula is C16H25NOS. The van der Waals surface area contributed by atoms with Crippen LogP contribution in [0.3, 0.4) is 0 Å². The highest BCUT2D eigenvalue weighted by atomic mass is 32.2. The first-order valence-electron chi connectivity index (χ1n) is 7.16. The molecule has 1 N–H and O–H groups in total. The molecule has 1 aromatic rings. The Bertz CT molecular complexity index is 402. The second-order valence-corrected chi connectivity index (χ2v) is 6.74. The standard InChI is InChI=1S/C16H25NOS/c1-12(2)10-19-11-14-8-13(4-7-16(14)18-3)9-17-15-5-6-15/h4,7-8,12,15,17H,5-6,9-11H2,1-3H3. The maximum absolute atomic E-state index is 5.46. The van der Waals surface area contributed by atoms with E-state index in [9.17, 15) is 0 Å². The van der Waals surface area contributed by atoms with Crippen molar-refractivity contribution < 1.29 is 4.74 Å². The fourth-order valence-corrected chi connectivity index (χ4v) is 3.04. The average molecular weight is 279 g/mol. The summed E-state index contributed by atoms with van der Waals surface area (Å²) >= 11 is 1.99. The van der Waals surface area contributed by atoms with Crippen molar-refractivity contribution in [2.75, 3.05) is 12.9 Å². The Morgan fingerprint density at radius 2 is 2.16 bits per heavy atom. The van der Waals surface area contributed by atoms with Crippen molar-refractivity contribution in [3.8, 4) is 5.75 Å². The maximum atomic E-state index is 5.46. The topological polar surface area (TPSA) is 21.3 Å². The lowest BCUT2D eigenvalue weighted by atomic mass is 10.1. The summed E-state index contributed by atoms with van der Waals surface area (Å²) in [5.74, 6) is 4.01. The number of benzene rings is 1. The number of thioether (sulfide) groups is 1. The Balaban J connectivity index is 1.93. The van der Waals surface area contributed by atoms with E-state index in [0.717, 1.165) is 30.0 Å². The van der Waals surface area contributed by atoms with E-state index in [0.29, 0.717) is 0 Å². The van der Waals surface area contributed by atoms with Gasteiger partial charge in [0.05, 0.1) is 7.11 Å². The van der Waals surface area contributed by atoms with Crippen molar-refractivity contribution in [3.05, 3.63) is 29.3 Å². The van der Waals surface area contributed by atoms with Gasteiger partial charge in [0.15, 0.2) is 0 Å². The van der Waals surface area contributed by atoms with Gasteiger partial charge in [-0.2, -0.15) is 11.8 Å². The Morgan fingerprint density at radius 3 is 2.79 bits per heavy atom. The van der Waals surface area contributed by atoms with E-state index >= 15 is 0 Å². The molecule has 0 heterocycles. The van der Waals surface area contributed by atoms with Crippen molar-refractivity contribution in [2.45, 2.75) is 45.0 Å². The monoisotopic (exact) mass is 279 g/mol. The quantitative estimate of drug-likeness (QED) is 0.781. The minimum atomic E-state index is 0.746. The number of hydrogen-bond donors (Lipinski definition) is 1. The molecule has 0 radical (unpaired) electrons. The van der Waals surface area contributed by atoms with Crippen LogP contribution in [-0.2, 0) is 12.3 Å². The molecule has 0 aliphatic heterocycles. The van der Waals surface area contributed by atoms with Gasteiger partial charge in [-0.3, -0.25) is 0 Å². The molecule has 1 aliphatic carbocycles. The zero-order valence-corrected chi connectivity index (χ0v) is 13.1. The predicted octanol–water partition coefficient (Wildman–Crippen LogP) is 3.84. The first kappa shape index (κ1) is 14.7. The average Bonchev–Trinajstić information content (AvgIpc) is 3.20. The third-order valence-electron chi connectivity index (χ3n) is 3.23. The zero-order chi connectivity index (χ0) is 13.7. The van der Waals surface area contributed by atoms with Gasteiger partial charge in [0, 0.05) is 23.9 Å². The summed E-state index contributed by atoms with van der Waals surface area (Å²) in [5.41, 5.74) is 2.69. The lowest BCUT2D eigenvalue weighted by Gasteiger charge is -2.12. The van der Waals surface area contributed by atoms with Crippen LogP contribution in [0.5, 0.6) is 5.75 Å². The van der Waals surface area contributed by atoms with E-state index in [1.165, 1.54) is 29.7 Å². The summed E-state index contributed by atoms with van der Waals surface area (Å²) in [4.78, 5) is 0. The molecule has 0 aromatic heterocycles. The fraction of sp³-hybridized carbons (Fsp3) is 0.625. The molecule has 3 heteroatoms. The molecule has 19 heavy (non-hydrogen) atoms. The minimum absolute atomic E-state index is 0.746. The van der Waals surface area contributed by atoms with Crippen LogP contribution >= 0.6 is 11.8 Å². The van der Waals surface area contributed by atoms with E-state index in [-0.39, 0.29) is 0 Å².